The highest BCUT2D eigenvalue weighted by Crippen LogP contribution is 2.34. The zero-order chi connectivity index (χ0) is 22.2. The number of nitrogens with zero attached hydrogens (tertiary/aromatic N) is 2. The van der Waals surface area contributed by atoms with Crippen molar-refractivity contribution in [3.8, 4) is 11.3 Å². The van der Waals surface area contributed by atoms with E-state index in [0.717, 1.165) is 17.7 Å². The summed E-state index contributed by atoms with van der Waals surface area (Å²) in [6.45, 7) is 2.22. The van der Waals surface area contributed by atoms with Gasteiger partial charge >= 0.3 is 0 Å². The van der Waals surface area contributed by atoms with E-state index in [-0.39, 0.29) is 17.6 Å². The second-order valence-electron chi connectivity index (χ2n) is 7.42. The van der Waals surface area contributed by atoms with E-state index in [1.807, 2.05) is 18.2 Å². The molecule has 0 atom stereocenters. The average Bonchev–Trinajstić information content (AvgIpc) is 3.53. The fourth-order valence-electron chi connectivity index (χ4n) is 3.87. The zero-order valence-electron chi connectivity index (χ0n) is 17.1. The van der Waals surface area contributed by atoms with Crippen LogP contribution in [0.1, 0.15) is 32.2 Å². The maximum Gasteiger partial charge on any atom is 0.293 e. The molecule has 0 unspecified atom stereocenters. The van der Waals surface area contributed by atoms with Crippen LogP contribution in [0.15, 0.2) is 69.8 Å². The lowest BCUT2D eigenvalue weighted by Crippen LogP contribution is -2.28. The first-order chi connectivity index (χ1) is 15.5. The number of amides is 2. The van der Waals surface area contributed by atoms with Crippen LogP contribution in [-0.2, 0) is 6.42 Å². The SMILES string of the molecule is Cc1onc(-c2ccccc2Cl)c1C(=O)Nc1ccc2c(c1)N(C(=O)c1ccco1)CC2. The van der Waals surface area contributed by atoms with E-state index in [4.69, 9.17) is 20.5 Å². The number of nitrogens with one attached hydrogen (secondary N) is 1. The van der Waals surface area contributed by atoms with Gasteiger partial charge in [-0.05, 0) is 49.2 Å². The van der Waals surface area contributed by atoms with Crippen LogP contribution >= 0.6 is 11.6 Å². The first-order valence-corrected chi connectivity index (χ1v) is 10.4. The highest BCUT2D eigenvalue weighted by Gasteiger charge is 2.28. The molecule has 2 aromatic heterocycles. The van der Waals surface area contributed by atoms with E-state index in [1.54, 1.807) is 48.2 Å². The van der Waals surface area contributed by atoms with E-state index in [1.165, 1.54) is 6.26 Å². The Morgan fingerprint density at radius 2 is 1.97 bits per heavy atom. The average molecular weight is 448 g/mol. The van der Waals surface area contributed by atoms with Crippen molar-refractivity contribution in [2.45, 2.75) is 13.3 Å². The molecule has 0 fully saturated rings. The lowest BCUT2D eigenvalue weighted by atomic mass is 10.1. The number of fused-ring (bicyclic) bond motifs is 1. The third-order valence-corrected chi connectivity index (χ3v) is 5.76. The molecule has 1 N–H and O–H groups in total. The topological polar surface area (TPSA) is 88.6 Å². The smallest absolute Gasteiger partial charge is 0.293 e. The minimum absolute atomic E-state index is 0.215. The number of carbonyl (C=O) groups excluding carboxylic acids is 2. The second kappa shape index (κ2) is 8.01. The third-order valence-electron chi connectivity index (χ3n) is 5.43. The van der Waals surface area contributed by atoms with Gasteiger partial charge in [0, 0.05) is 23.5 Å². The summed E-state index contributed by atoms with van der Waals surface area (Å²) in [4.78, 5) is 27.6. The molecule has 1 aliphatic rings. The number of hydrogen-bond acceptors (Lipinski definition) is 5. The predicted molar refractivity (Wildman–Crippen MR) is 120 cm³/mol. The van der Waals surface area contributed by atoms with Gasteiger partial charge in [-0.15, -0.1) is 0 Å². The molecule has 2 amide bonds. The predicted octanol–water partition coefficient (Wildman–Crippen LogP) is 5.35. The maximum absolute atomic E-state index is 13.2. The van der Waals surface area contributed by atoms with Gasteiger partial charge in [0.05, 0.1) is 11.3 Å². The first-order valence-electron chi connectivity index (χ1n) is 10.0. The first kappa shape index (κ1) is 20.1. The summed E-state index contributed by atoms with van der Waals surface area (Å²) < 4.78 is 10.6. The highest BCUT2D eigenvalue weighted by molar-refractivity contribution is 6.33. The molecule has 5 rings (SSSR count). The van der Waals surface area contributed by atoms with Gasteiger partial charge in [0.15, 0.2) is 5.76 Å². The van der Waals surface area contributed by atoms with Crippen LogP contribution in [0.3, 0.4) is 0 Å². The van der Waals surface area contributed by atoms with Crippen molar-refractivity contribution in [2.75, 3.05) is 16.8 Å². The van der Waals surface area contributed by atoms with Crippen molar-refractivity contribution < 1.29 is 18.5 Å². The summed E-state index contributed by atoms with van der Waals surface area (Å²) in [6, 6.07) is 16.0. The van der Waals surface area contributed by atoms with Crippen molar-refractivity contribution in [3.05, 3.63) is 88.5 Å². The van der Waals surface area contributed by atoms with E-state index >= 15 is 0 Å². The summed E-state index contributed by atoms with van der Waals surface area (Å²) in [6.07, 6.45) is 2.20. The minimum atomic E-state index is -0.375. The minimum Gasteiger partial charge on any atom is -0.459 e. The number of halogens is 1. The largest absolute Gasteiger partial charge is 0.459 e. The van der Waals surface area contributed by atoms with Gasteiger partial charge in [0.1, 0.15) is 17.0 Å². The summed E-state index contributed by atoms with van der Waals surface area (Å²) in [5.41, 5.74) is 3.63. The Hall–Kier alpha value is -3.84. The van der Waals surface area contributed by atoms with E-state index in [2.05, 4.69) is 10.5 Å². The molecular weight excluding hydrogens is 430 g/mol. The van der Waals surface area contributed by atoms with Crippen LogP contribution in [0.2, 0.25) is 5.02 Å². The molecule has 0 bridgehead atoms. The van der Waals surface area contributed by atoms with Crippen molar-refractivity contribution in [1.29, 1.82) is 0 Å². The van der Waals surface area contributed by atoms with Crippen molar-refractivity contribution in [1.82, 2.24) is 5.16 Å². The molecule has 160 valence electrons. The molecule has 0 radical (unpaired) electrons. The lowest BCUT2D eigenvalue weighted by Gasteiger charge is -2.17. The normalized spacial score (nSPS) is 12.6. The van der Waals surface area contributed by atoms with Gasteiger partial charge in [0.25, 0.3) is 11.8 Å². The van der Waals surface area contributed by atoms with Crippen LogP contribution in [0.4, 0.5) is 11.4 Å². The highest BCUT2D eigenvalue weighted by atomic mass is 35.5. The number of carbonyl (C=O) groups is 2. The number of benzene rings is 2. The summed E-state index contributed by atoms with van der Waals surface area (Å²) in [5, 5.41) is 7.41. The van der Waals surface area contributed by atoms with Crippen molar-refractivity contribution >= 4 is 34.8 Å². The van der Waals surface area contributed by atoms with E-state index < -0.39 is 0 Å². The molecular formula is C24H18ClN3O4. The summed E-state index contributed by atoms with van der Waals surface area (Å²) >= 11 is 6.30. The Morgan fingerprint density at radius 1 is 1.12 bits per heavy atom. The van der Waals surface area contributed by atoms with Crippen molar-refractivity contribution in [3.63, 3.8) is 0 Å². The summed E-state index contributed by atoms with van der Waals surface area (Å²) in [7, 11) is 0. The van der Waals surface area contributed by atoms with Gasteiger partial charge in [-0.3, -0.25) is 9.59 Å². The third kappa shape index (κ3) is 3.46. The molecule has 7 nitrogen and oxygen atoms in total. The lowest BCUT2D eigenvalue weighted by molar-refractivity contribution is 0.0962. The Morgan fingerprint density at radius 3 is 2.75 bits per heavy atom. The van der Waals surface area contributed by atoms with Gasteiger partial charge in [-0.1, -0.05) is 41.0 Å². The van der Waals surface area contributed by atoms with E-state index in [9.17, 15) is 9.59 Å². The molecule has 0 saturated heterocycles. The van der Waals surface area contributed by atoms with Gasteiger partial charge in [-0.25, -0.2) is 0 Å². The van der Waals surface area contributed by atoms with Gasteiger partial charge < -0.3 is 19.2 Å². The number of hydrogen-bond donors (Lipinski definition) is 1. The molecule has 32 heavy (non-hydrogen) atoms. The maximum atomic E-state index is 13.2. The number of furan rings is 1. The fraction of sp³-hybridized carbons (Fsp3) is 0.125. The molecule has 0 saturated carbocycles. The molecule has 8 heteroatoms. The molecule has 2 aromatic carbocycles. The van der Waals surface area contributed by atoms with Gasteiger partial charge in [-0.2, -0.15) is 0 Å². The molecule has 0 spiro atoms. The Balaban J connectivity index is 1.44. The van der Waals surface area contributed by atoms with Crippen LogP contribution < -0.4 is 10.2 Å². The van der Waals surface area contributed by atoms with E-state index in [0.29, 0.717) is 39.8 Å². The van der Waals surface area contributed by atoms with Crippen LogP contribution in [0.25, 0.3) is 11.3 Å². The molecule has 1 aliphatic heterocycles. The second-order valence-corrected chi connectivity index (χ2v) is 7.83. The summed E-state index contributed by atoms with van der Waals surface area (Å²) in [5.74, 6) is 0.0682. The molecule has 0 aliphatic carbocycles. The quantitative estimate of drug-likeness (QED) is 0.455. The Kier molecular flexibility index (Phi) is 5.03. The number of rotatable bonds is 4. The monoisotopic (exact) mass is 447 g/mol. The number of aryl methyl sites for hydroxylation is 1. The van der Waals surface area contributed by atoms with Crippen LogP contribution in [0.5, 0.6) is 0 Å². The van der Waals surface area contributed by atoms with Crippen molar-refractivity contribution in [2.24, 2.45) is 0 Å². The Labute approximate surface area is 188 Å². The van der Waals surface area contributed by atoms with Crippen LogP contribution in [-0.4, -0.2) is 23.5 Å². The molecule has 3 heterocycles. The number of anilines is 2. The van der Waals surface area contributed by atoms with Crippen LogP contribution in [0, 0.1) is 6.92 Å². The molecule has 4 aromatic rings. The number of aromatic nitrogens is 1. The zero-order valence-corrected chi connectivity index (χ0v) is 17.8. The fourth-order valence-corrected chi connectivity index (χ4v) is 4.10. The van der Waals surface area contributed by atoms with Gasteiger partial charge in [0.2, 0.25) is 0 Å². The Bertz CT molecular complexity index is 1330. The standard InChI is InChI=1S/C24H18ClN3O4/c1-14-21(22(27-32-14)17-5-2-3-6-18(17)25)23(29)26-16-9-8-15-10-11-28(19(15)13-16)24(30)20-7-4-12-31-20/h2-9,12-13H,10-11H2,1H3,(H,26,29).